The average Bonchev–Trinajstić information content (AvgIpc) is 2.32. The highest BCUT2D eigenvalue weighted by Crippen LogP contribution is 2.24. The van der Waals surface area contributed by atoms with Crippen LogP contribution in [0.1, 0.15) is 23.7 Å². The standard InChI is InChI=1S/C13H15ClINO/c1-9-6-7-16(8-11(9)14)13(17)10-4-2-3-5-12(10)15/h2-5,9,11H,6-8H2,1H3. The number of benzene rings is 1. The van der Waals surface area contributed by atoms with E-state index < -0.39 is 0 Å². The first-order chi connectivity index (χ1) is 8.09. The summed E-state index contributed by atoms with van der Waals surface area (Å²) in [4.78, 5) is 14.2. The van der Waals surface area contributed by atoms with E-state index in [0.717, 1.165) is 22.1 Å². The molecule has 92 valence electrons. The lowest BCUT2D eigenvalue weighted by molar-refractivity contribution is 0.0700. The molecule has 2 unspecified atom stereocenters. The highest BCUT2D eigenvalue weighted by molar-refractivity contribution is 14.1. The molecule has 0 radical (unpaired) electrons. The van der Waals surface area contributed by atoms with Gasteiger partial charge in [-0.1, -0.05) is 19.1 Å². The van der Waals surface area contributed by atoms with Crippen LogP contribution in [0.3, 0.4) is 0 Å². The molecule has 0 bridgehead atoms. The van der Waals surface area contributed by atoms with Crippen LogP contribution in [0.2, 0.25) is 0 Å². The smallest absolute Gasteiger partial charge is 0.254 e. The Morgan fingerprint density at radius 1 is 1.47 bits per heavy atom. The molecule has 1 aromatic carbocycles. The van der Waals surface area contributed by atoms with Gasteiger partial charge in [0.15, 0.2) is 0 Å². The molecule has 1 aromatic rings. The first-order valence-corrected chi connectivity index (χ1v) is 7.29. The number of hydrogen-bond acceptors (Lipinski definition) is 1. The van der Waals surface area contributed by atoms with E-state index in [1.54, 1.807) is 0 Å². The number of amides is 1. The van der Waals surface area contributed by atoms with Crippen molar-refractivity contribution in [1.29, 1.82) is 0 Å². The van der Waals surface area contributed by atoms with Gasteiger partial charge in [-0.3, -0.25) is 4.79 Å². The molecule has 0 aliphatic carbocycles. The molecule has 1 amide bonds. The van der Waals surface area contributed by atoms with Crippen molar-refractivity contribution in [3.05, 3.63) is 33.4 Å². The summed E-state index contributed by atoms with van der Waals surface area (Å²) in [5.74, 6) is 0.600. The van der Waals surface area contributed by atoms with Crippen molar-refractivity contribution in [3.8, 4) is 0 Å². The number of nitrogens with zero attached hydrogens (tertiary/aromatic N) is 1. The first kappa shape index (κ1) is 13.1. The maximum atomic E-state index is 12.3. The van der Waals surface area contributed by atoms with E-state index in [1.165, 1.54) is 0 Å². The van der Waals surface area contributed by atoms with Crippen molar-refractivity contribution < 1.29 is 4.79 Å². The van der Waals surface area contributed by atoms with Crippen molar-refractivity contribution in [2.24, 2.45) is 5.92 Å². The van der Waals surface area contributed by atoms with Crippen LogP contribution in [0.25, 0.3) is 0 Å². The van der Waals surface area contributed by atoms with Crippen molar-refractivity contribution in [2.45, 2.75) is 18.7 Å². The quantitative estimate of drug-likeness (QED) is 0.553. The Morgan fingerprint density at radius 2 is 2.18 bits per heavy atom. The zero-order chi connectivity index (χ0) is 12.4. The number of likely N-dealkylation sites (tertiary alicyclic amines) is 1. The van der Waals surface area contributed by atoms with Crippen molar-refractivity contribution >= 4 is 40.1 Å². The summed E-state index contributed by atoms with van der Waals surface area (Å²) in [6.45, 7) is 3.62. The molecule has 2 atom stereocenters. The summed E-state index contributed by atoms with van der Waals surface area (Å²) in [5.41, 5.74) is 0.784. The van der Waals surface area contributed by atoms with Gasteiger partial charge in [0.2, 0.25) is 0 Å². The van der Waals surface area contributed by atoms with Crippen LogP contribution in [0.5, 0.6) is 0 Å². The highest BCUT2D eigenvalue weighted by Gasteiger charge is 2.28. The highest BCUT2D eigenvalue weighted by atomic mass is 127. The minimum Gasteiger partial charge on any atom is -0.337 e. The zero-order valence-electron chi connectivity index (χ0n) is 9.70. The molecule has 2 rings (SSSR count). The molecule has 4 heteroatoms. The molecule has 1 aliphatic heterocycles. The Bertz CT molecular complexity index is 424. The summed E-state index contributed by atoms with van der Waals surface area (Å²) in [6, 6.07) is 7.69. The molecule has 0 saturated carbocycles. The Kier molecular flexibility index (Phi) is 4.31. The minimum absolute atomic E-state index is 0.0778. The van der Waals surface area contributed by atoms with Gasteiger partial charge < -0.3 is 4.90 Å². The minimum atomic E-state index is 0.0778. The van der Waals surface area contributed by atoms with Gasteiger partial charge in [0.05, 0.1) is 10.9 Å². The number of carbonyl (C=O) groups is 1. The molecule has 0 spiro atoms. The van der Waals surface area contributed by atoms with Crippen molar-refractivity contribution in [2.75, 3.05) is 13.1 Å². The third-order valence-corrected chi connectivity index (χ3v) is 4.77. The molecular formula is C13H15ClINO. The van der Waals surface area contributed by atoms with Crippen molar-refractivity contribution in [1.82, 2.24) is 4.90 Å². The van der Waals surface area contributed by atoms with E-state index in [0.29, 0.717) is 12.5 Å². The molecule has 0 N–H and O–H groups in total. The van der Waals surface area contributed by atoms with Gasteiger partial charge in [-0.2, -0.15) is 0 Å². The SMILES string of the molecule is CC1CCN(C(=O)c2ccccc2I)CC1Cl. The largest absolute Gasteiger partial charge is 0.337 e. The van der Waals surface area contributed by atoms with Crippen LogP contribution >= 0.6 is 34.2 Å². The predicted octanol–water partition coefficient (Wildman–Crippen LogP) is 3.38. The molecule has 1 fully saturated rings. The predicted molar refractivity (Wildman–Crippen MR) is 78.5 cm³/mol. The molecule has 17 heavy (non-hydrogen) atoms. The second-order valence-electron chi connectivity index (χ2n) is 4.51. The van der Waals surface area contributed by atoms with Gasteiger partial charge >= 0.3 is 0 Å². The lowest BCUT2D eigenvalue weighted by Gasteiger charge is -2.34. The fourth-order valence-corrected chi connectivity index (χ4v) is 2.92. The van der Waals surface area contributed by atoms with E-state index in [4.69, 9.17) is 11.6 Å². The number of piperidine rings is 1. The second kappa shape index (κ2) is 5.57. The van der Waals surface area contributed by atoms with E-state index in [-0.39, 0.29) is 11.3 Å². The van der Waals surface area contributed by atoms with Gasteiger partial charge in [0.1, 0.15) is 0 Å². The third-order valence-electron chi connectivity index (χ3n) is 3.26. The van der Waals surface area contributed by atoms with Gasteiger partial charge in [0.25, 0.3) is 5.91 Å². The zero-order valence-corrected chi connectivity index (χ0v) is 12.6. The topological polar surface area (TPSA) is 20.3 Å². The van der Waals surface area contributed by atoms with Crippen LogP contribution in [-0.4, -0.2) is 29.3 Å². The number of hydrogen-bond donors (Lipinski definition) is 0. The fraction of sp³-hybridized carbons (Fsp3) is 0.462. The first-order valence-electron chi connectivity index (χ1n) is 5.77. The van der Waals surface area contributed by atoms with Crippen LogP contribution in [0.15, 0.2) is 24.3 Å². The third kappa shape index (κ3) is 2.94. The van der Waals surface area contributed by atoms with E-state index in [1.807, 2.05) is 29.2 Å². The summed E-state index contributed by atoms with van der Waals surface area (Å²) < 4.78 is 1.000. The van der Waals surface area contributed by atoms with Crippen LogP contribution in [0.4, 0.5) is 0 Å². The van der Waals surface area contributed by atoms with Crippen LogP contribution in [0, 0.1) is 9.49 Å². The Hall–Kier alpha value is -0.290. The van der Waals surface area contributed by atoms with E-state index in [9.17, 15) is 4.79 Å². The van der Waals surface area contributed by atoms with Gasteiger partial charge in [-0.05, 0) is 47.1 Å². The monoisotopic (exact) mass is 363 g/mol. The molecule has 0 aromatic heterocycles. The number of halogens is 2. The number of rotatable bonds is 1. The average molecular weight is 364 g/mol. The molecule has 2 nitrogen and oxygen atoms in total. The maximum Gasteiger partial charge on any atom is 0.254 e. The summed E-state index contributed by atoms with van der Waals surface area (Å²) in [6.07, 6.45) is 0.989. The van der Waals surface area contributed by atoms with E-state index >= 15 is 0 Å². The lowest BCUT2D eigenvalue weighted by atomic mass is 9.98. The Morgan fingerprint density at radius 3 is 2.82 bits per heavy atom. The number of alkyl halides is 1. The van der Waals surface area contributed by atoms with Crippen LogP contribution < -0.4 is 0 Å². The fourth-order valence-electron chi connectivity index (χ4n) is 2.01. The normalized spacial score (nSPS) is 24.8. The summed E-state index contributed by atoms with van der Waals surface area (Å²) in [5, 5.41) is 0.0778. The molecule has 1 aliphatic rings. The van der Waals surface area contributed by atoms with Crippen molar-refractivity contribution in [3.63, 3.8) is 0 Å². The lowest BCUT2D eigenvalue weighted by Crippen LogP contribution is -2.44. The molecular weight excluding hydrogens is 349 g/mol. The second-order valence-corrected chi connectivity index (χ2v) is 6.24. The molecule has 1 saturated heterocycles. The van der Waals surface area contributed by atoms with Gasteiger partial charge in [-0.15, -0.1) is 11.6 Å². The van der Waals surface area contributed by atoms with Gasteiger partial charge in [0, 0.05) is 16.7 Å². The van der Waals surface area contributed by atoms with Crippen LogP contribution in [-0.2, 0) is 0 Å². The Labute approximate surface area is 120 Å². The summed E-state index contributed by atoms with van der Waals surface area (Å²) >= 11 is 8.44. The summed E-state index contributed by atoms with van der Waals surface area (Å²) in [7, 11) is 0. The molecule has 1 heterocycles. The Balaban J connectivity index is 2.14. The van der Waals surface area contributed by atoms with Gasteiger partial charge in [-0.25, -0.2) is 0 Å². The maximum absolute atomic E-state index is 12.3. The number of carbonyl (C=O) groups excluding carboxylic acids is 1. The van der Waals surface area contributed by atoms with E-state index in [2.05, 4.69) is 29.5 Å².